The third-order valence-electron chi connectivity index (χ3n) is 2.22. The van der Waals surface area contributed by atoms with Gasteiger partial charge in [0.25, 0.3) is 0 Å². The molecule has 1 N–H and O–H groups in total. The summed E-state index contributed by atoms with van der Waals surface area (Å²) >= 11 is 0. The predicted molar refractivity (Wildman–Crippen MR) is 75.9 cm³/mol. The van der Waals surface area contributed by atoms with Gasteiger partial charge < -0.3 is 9.84 Å². The number of hydrogen-bond donors (Lipinski definition) is 1. The Hall–Kier alpha value is -2.55. The summed E-state index contributed by atoms with van der Waals surface area (Å²) in [6, 6.07) is 18.3. The summed E-state index contributed by atoms with van der Waals surface area (Å²) in [4.78, 5) is 10.2. The molecule has 0 aliphatic heterocycles. The molecule has 0 bridgehead atoms. The van der Waals surface area contributed by atoms with Crippen molar-refractivity contribution in [1.29, 1.82) is 0 Å². The number of methoxy groups -OCH3 is 1. The molecule has 19 heavy (non-hydrogen) atoms. The van der Waals surface area contributed by atoms with Crippen LogP contribution in [-0.4, -0.2) is 18.2 Å². The van der Waals surface area contributed by atoms with Crippen molar-refractivity contribution in [2.75, 3.05) is 7.11 Å². The predicted octanol–water partition coefficient (Wildman–Crippen LogP) is 3.69. The van der Waals surface area contributed by atoms with E-state index in [4.69, 9.17) is 9.84 Å². The molecule has 2 rings (SSSR count). The maximum atomic E-state index is 10.2. The monoisotopic (exact) mass is 256 g/mol. The van der Waals surface area contributed by atoms with Crippen molar-refractivity contribution >= 4 is 12.0 Å². The van der Waals surface area contributed by atoms with Crippen molar-refractivity contribution in [3.63, 3.8) is 0 Å². The lowest BCUT2D eigenvalue weighted by atomic mass is 10.2. The van der Waals surface area contributed by atoms with Crippen LogP contribution in [0, 0.1) is 0 Å². The van der Waals surface area contributed by atoms with Gasteiger partial charge in [0.05, 0.1) is 18.9 Å². The molecular weight excluding hydrogens is 240 g/mol. The maximum absolute atomic E-state index is 10.2. The Balaban J connectivity index is 0.000000191. The Kier molecular flexibility index (Phi) is 6.51. The second-order valence-corrected chi connectivity index (χ2v) is 3.62. The van der Waals surface area contributed by atoms with Gasteiger partial charge in [-0.15, -0.1) is 0 Å². The first-order valence-electron chi connectivity index (χ1n) is 5.77. The molecule has 0 heterocycles. The van der Waals surface area contributed by atoms with Crippen molar-refractivity contribution in [2.24, 2.45) is 0 Å². The molecule has 0 unspecified atom stereocenters. The van der Waals surface area contributed by atoms with E-state index in [0.717, 1.165) is 5.56 Å². The summed E-state index contributed by atoms with van der Waals surface area (Å²) < 4.78 is 4.77. The molecule has 0 saturated heterocycles. The molecule has 98 valence electrons. The lowest BCUT2D eigenvalue weighted by molar-refractivity contribution is 0.0697. The van der Waals surface area contributed by atoms with Gasteiger partial charge in [-0.3, -0.25) is 0 Å². The van der Waals surface area contributed by atoms with Gasteiger partial charge in [0.2, 0.25) is 0 Å². The van der Waals surface area contributed by atoms with Crippen LogP contribution in [0.3, 0.4) is 0 Å². The van der Waals surface area contributed by atoms with Crippen LogP contribution in [0.2, 0.25) is 0 Å². The third kappa shape index (κ3) is 6.07. The first-order chi connectivity index (χ1) is 9.24. The van der Waals surface area contributed by atoms with Gasteiger partial charge >= 0.3 is 5.97 Å². The standard InChI is InChI=1S/C9H10O.C7H6O2/c1-10-8-7-9-5-3-2-4-6-9;8-7(9)6-4-2-1-3-5-6/h2-8H,1H3;1-5H,(H,8,9). The average molecular weight is 256 g/mol. The van der Waals surface area contributed by atoms with Crippen molar-refractivity contribution < 1.29 is 14.6 Å². The molecule has 2 aromatic rings. The van der Waals surface area contributed by atoms with Gasteiger partial charge in [-0.2, -0.15) is 0 Å². The Morgan fingerprint density at radius 3 is 1.95 bits per heavy atom. The average Bonchev–Trinajstić information content (AvgIpc) is 2.48. The number of ether oxygens (including phenoxy) is 1. The van der Waals surface area contributed by atoms with E-state index in [0.29, 0.717) is 5.56 Å². The second kappa shape index (κ2) is 8.53. The molecule has 0 aliphatic carbocycles. The number of carboxylic acids is 1. The minimum Gasteiger partial charge on any atom is -0.504 e. The summed E-state index contributed by atoms with van der Waals surface area (Å²) in [7, 11) is 1.64. The molecular formula is C16H16O3. The summed E-state index contributed by atoms with van der Waals surface area (Å²) in [5.74, 6) is -0.879. The Morgan fingerprint density at radius 2 is 1.53 bits per heavy atom. The minimum absolute atomic E-state index is 0.331. The molecule has 3 heteroatoms. The van der Waals surface area contributed by atoms with Crippen LogP contribution >= 0.6 is 0 Å². The van der Waals surface area contributed by atoms with Crippen molar-refractivity contribution in [3.05, 3.63) is 78.1 Å². The molecule has 3 nitrogen and oxygen atoms in total. The number of carboxylic acid groups (broad SMARTS) is 1. The van der Waals surface area contributed by atoms with Crippen LogP contribution in [0.4, 0.5) is 0 Å². The highest BCUT2D eigenvalue weighted by Crippen LogP contribution is 2.00. The first kappa shape index (κ1) is 14.5. The smallest absolute Gasteiger partial charge is 0.335 e. The molecule has 0 spiro atoms. The van der Waals surface area contributed by atoms with Crippen molar-refractivity contribution in [1.82, 2.24) is 0 Å². The van der Waals surface area contributed by atoms with E-state index in [2.05, 4.69) is 0 Å². The van der Waals surface area contributed by atoms with Crippen molar-refractivity contribution in [2.45, 2.75) is 0 Å². The summed E-state index contributed by atoms with van der Waals surface area (Å²) in [6.45, 7) is 0. The van der Waals surface area contributed by atoms with Crippen molar-refractivity contribution in [3.8, 4) is 0 Å². The molecule has 0 amide bonds. The van der Waals surface area contributed by atoms with Crippen LogP contribution in [0.15, 0.2) is 66.9 Å². The highest BCUT2D eigenvalue weighted by molar-refractivity contribution is 5.87. The fraction of sp³-hybridized carbons (Fsp3) is 0.0625. The van der Waals surface area contributed by atoms with Gasteiger partial charge in [0.1, 0.15) is 0 Å². The molecule has 2 aromatic carbocycles. The number of hydrogen-bond acceptors (Lipinski definition) is 2. The van der Waals surface area contributed by atoms with Gasteiger partial charge in [0.15, 0.2) is 0 Å². The molecule has 0 fully saturated rings. The van der Waals surface area contributed by atoms with Crippen LogP contribution in [0.5, 0.6) is 0 Å². The Morgan fingerprint density at radius 1 is 1.00 bits per heavy atom. The zero-order valence-electron chi connectivity index (χ0n) is 10.7. The van der Waals surface area contributed by atoms with Crippen LogP contribution in [0.25, 0.3) is 6.08 Å². The van der Waals surface area contributed by atoms with E-state index in [9.17, 15) is 4.79 Å². The molecule has 0 saturated carbocycles. The Bertz CT molecular complexity index is 504. The van der Waals surface area contributed by atoms with Gasteiger partial charge in [0, 0.05) is 0 Å². The third-order valence-corrected chi connectivity index (χ3v) is 2.22. The van der Waals surface area contributed by atoms with E-state index < -0.39 is 5.97 Å². The molecule has 0 aliphatic rings. The second-order valence-electron chi connectivity index (χ2n) is 3.62. The minimum atomic E-state index is -0.879. The number of carbonyl (C=O) groups is 1. The van der Waals surface area contributed by atoms with E-state index in [1.54, 1.807) is 43.7 Å². The lowest BCUT2D eigenvalue weighted by Crippen LogP contribution is -1.93. The van der Waals surface area contributed by atoms with Crippen LogP contribution in [-0.2, 0) is 4.74 Å². The fourth-order valence-electron chi connectivity index (χ4n) is 1.29. The summed E-state index contributed by atoms with van der Waals surface area (Å²) in [6.07, 6.45) is 3.58. The van der Waals surface area contributed by atoms with E-state index >= 15 is 0 Å². The summed E-state index contributed by atoms with van der Waals surface area (Å²) in [5, 5.41) is 8.38. The van der Waals surface area contributed by atoms with Gasteiger partial charge in [-0.25, -0.2) is 4.79 Å². The first-order valence-corrected chi connectivity index (χ1v) is 5.77. The fourth-order valence-corrected chi connectivity index (χ4v) is 1.29. The van der Waals surface area contributed by atoms with Gasteiger partial charge in [-0.05, 0) is 23.8 Å². The molecule has 0 aromatic heterocycles. The number of rotatable bonds is 3. The molecule has 0 atom stereocenters. The largest absolute Gasteiger partial charge is 0.504 e. The zero-order valence-corrected chi connectivity index (χ0v) is 10.7. The highest BCUT2D eigenvalue weighted by Gasteiger charge is 1.96. The molecule has 0 radical (unpaired) electrons. The van der Waals surface area contributed by atoms with Gasteiger partial charge in [-0.1, -0.05) is 48.5 Å². The van der Waals surface area contributed by atoms with E-state index in [1.165, 1.54) is 0 Å². The quantitative estimate of drug-likeness (QED) is 0.852. The topological polar surface area (TPSA) is 46.5 Å². The number of benzene rings is 2. The van der Waals surface area contributed by atoms with E-state index in [-0.39, 0.29) is 0 Å². The van der Waals surface area contributed by atoms with Crippen LogP contribution < -0.4 is 0 Å². The maximum Gasteiger partial charge on any atom is 0.335 e. The highest BCUT2D eigenvalue weighted by atomic mass is 16.5. The SMILES string of the molecule is COC=Cc1ccccc1.O=C(O)c1ccccc1. The van der Waals surface area contributed by atoms with E-state index in [1.807, 2.05) is 36.4 Å². The normalized spacial score (nSPS) is 9.53. The van der Waals surface area contributed by atoms with Crippen LogP contribution in [0.1, 0.15) is 15.9 Å². The summed E-state index contributed by atoms with van der Waals surface area (Å²) in [5.41, 5.74) is 1.49. The number of aromatic carboxylic acids is 1. The zero-order chi connectivity index (χ0) is 13.9. The Labute approximate surface area is 112 Å². The lowest BCUT2D eigenvalue weighted by Gasteiger charge is -1.89.